The van der Waals surface area contributed by atoms with Crippen molar-refractivity contribution in [1.29, 1.82) is 5.26 Å². The number of benzene rings is 1. The van der Waals surface area contributed by atoms with Crippen LogP contribution in [0.1, 0.15) is 42.1 Å². The molecule has 140 valence electrons. The van der Waals surface area contributed by atoms with Crippen molar-refractivity contribution in [3.63, 3.8) is 0 Å². The Labute approximate surface area is 159 Å². The van der Waals surface area contributed by atoms with Gasteiger partial charge in [0.05, 0.1) is 39.7 Å². The van der Waals surface area contributed by atoms with Gasteiger partial charge in [-0.3, -0.25) is 9.59 Å². The molecule has 1 saturated heterocycles. The van der Waals surface area contributed by atoms with Crippen LogP contribution in [-0.4, -0.2) is 29.5 Å². The SMILES string of the molecule is N#CCC(=O)c1cn(C2CC2)c2c(Cl)c(N3CCC(N)C3)c(F)cc2c1=O. The molecule has 8 heteroatoms. The van der Waals surface area contributed by atoms with E-state index in [4.69, 9.17) is 22.6 Å². The zero-order valence-electron chi connectivity index (χ0n) is 14.5. The van der Waals surface area contributed by atoms with Gasteiger partial charge in [-0.05, 0) is 25.3 Å². The number of carbonyl (C=O) groups excluding carboxylic acids is 1. The summed E-state index contributed by atoms with van der Waals surface area (Å²) in [6, 6.07) is 2.98. The molecule has 1 aliphatic carbocycles. The molecule has 2 aromatic rings. The van der Waals surface area contributed by atoms with Crippen LogP contribution >= 0.6 is 11.6 Å². The van der Waals surface area contributed by atoms with Crippen molar-refractivity contribution in [1.82, 2.24) is 4.57 Å². The average molecular weight is 389 g/mol. The van der Waals surface area contributed by atoms with Gasteiger partial charge in [-0.25, -0.2) is 4.39 Å². The number of nitrogens with two attached hydrogens (primary N) is 1. The van der Waals surface area contributed by atoms with Gasteiger partial charge in [0.15, 0.2) is 11.2 Å². The summed E-state index contributed by atoms with van der Waals surface area (Å²) in [5.74, 6) is -1.17. The predicted molar refractivity (Wildman–Crippen MR) is 101 cm³/mol. The monoisotopic (exact) mass is 388 g/mol. The van der Waals surface area contributed by atoms with Gasteiger partial charge in [0.2, 0.25) is 0 Å². The van der Waals surface area contributed by atoms with E-state index in [9.17, 15) is 14.0 Å². The van der Waals surface area contributed by atoms with Crippen molar-refractivity contribution in [3.05, 3.63) is 38.9 Å². The zero-order valence-corrected chi connectivity index (χ0v) is 15.3. The second kappa shape index (κ2) is 6.63. The van der Waals surface area contributed by atoms with Crippen LogP contribution in [-0.2, 0) is 0 Å². The van der Waals surface area contributed by atoms with Crippen molar-refractivity contribution in [2.45, 2.75) is 37.8 Å². The lowest BCUT2D eigenvalue weighted by molar-refractivity contribution is 0.0996. The summed E-state index contributed by atoms with van der Waals surface area (Å²) in [6.07, 6.45) is 3.60. The van der Waals surface area contributed by atoms with Crippen LogP contribution in [0.15, 0.2) is 17.1 Å². The van der Waals surface area contributed by atoms with Crippen molar-refractivity contribution in [2.24, 2.45) is 5.73 Å². The average Bonchev–Trinajstić information content (AvgIpc) is 3.38. The molecule has 1 aromatic heterocycles. The van der Waals surface area contributed by atoms with Crippen LogP contribution in [0.5, 0.6) is 0 Å². The summed E-state index contributed by atoms with van der Waals surface area (Å²) in [4.78, 5) is 26.8. The Hall–Kier alpha value is -2.43. The summed E-state index contributed by atoms with van der Waals surface area (Å²) in [5.41, 5.74) is 5.95. The topological polar surface area (TPSA) is 92.1 Å². The third-order valence-electron chi connectivity index (χ3n) is 5.21. The van der Waals surface area contributed by atoms with E-state index in [0.29, 0.717) is 18.6 Å². The molecule has 1 aromatic carbocycles. The third-order valence-corrected chi connectivity index (χ3v) is 5.56. The van der Waals surface area contributed by atoms with Gasteiger partial charge >= 0.3 is 0 Å². The number of carbonyl (C=O) groups is 1. The van der Waals surface area contributed by atoms with E-state index >= 15 is 0 Å². The quantitative estimate of drug-likeness (QED) is 0.813. The summed E-state index contributed by atoms with van der Waals surface area (Å²) < 4.78 is 16.7. The largest absolute Gasteiger partial charge is 0.366 e. The smallest absolute Gasteiger partial charge is 0.200 e. The normalized spacial score (nSPS) is 19.5. The van der Waals surface area contributed by atoms with E-state index in [1.54, 1.807) is 15.5 Å². The van der Waals surface area contributed by atoms with Gasteiger partial charge in [-0.1, -0.05) is 11.6 Å². The van der Waals surface area contributed by atoms with Crippen LogP contribution in [0, 0.1) is 17.1 Å². The molecule has 4 rings (SSSR count). The molecule has 1 unspecified atom stereocenters. The van der Waals surface area contributed by atoms with E-state index in [1.165, 1.54) is 6.20 Å². The maximum atomic E-state index is 14.9. The number of halogens is 2. The number of aromatic nitrogens is 1. The molecule has 2 fully saturated rings. The first kappa shape index (κ1) is 18.0. The molecule has 2 N–H and O–H groups in total. The molecule has 0 spiro atoms. The highest BCUT2D eigenvalue weighted by molar-refractivity contribution is 6.38. The fourth-order valence-electron chi connectivity index (χ4n) is 3.72. The van der Waals surface area contributed by atoms with Crippen molar-refractivity contribution < 1.29 is 9.18 Å². The Balaban J connectivity index is 1.99. The lowest BCUT2D eigenvalue weighted by atomic mass is 10.1. The number of rotatable bonds is 4. The number of pyridine rings is 1. The van der Waals surface area contributed by atoms with Gasteiger partial charge in [0, 0.05) is 31.4 Å². The number of Topliss-reactive ketones (excluding diaryl/α,β-unsaturated/α-hetero) is 1. The number of hydrogen-bond acceptors (Lipinski definition) is 5. The Bertz CT molecular complexity index is 1050. The molecule has 2 aliphatic rings. The summed E-state index contributed by atoms with van der Waals surface area (Å²) in [6.45, 7) is 1.09. The Morgan fingerprint density at radius 3 is 2.74 bits per heavy atom. The lowest BCUT2D eigenvalue weighted by Crippen LogP contribution is -2.27. The fraction of sp³-hybridized carbons (Fsp3) is 0.421. The predicted octanol–water partition coefficient (Wildman–Crippen LogP) is 2.76. The van der Waals surface area contributed by atoms with Crippen LogP contribution in [0.25, 0.3) is 10.9 Å². The molecular formula is C19H18ClFN4O2. The minimum absolute atomic E-state index is 0.0484. The Morgan fingerprint density at radius 2 is 2.15 bits per heavy atom. The van der Waals surface area contributed by atoms with Crippen molar-refractivity contribution in [3.8, 4) is 6.07 Å². The summed E-state index contributed by atoms with van der Waals surface area (Å²) >= 11 is 6.60. The van der Waals surface area contributed by atoms with Gasteiger partial charge in [-0.2, -0.15) is 5.26 Å². The minimum Gasteiger partial charge on any atom is -0.366 e. The summed E-state index contributed by atoms with van der Waals surface area (Å²) in [7, 11) is 0. The highest BCUT2D eigenvalue weighted by Gasteiger charge is 2.31. The zero-order chi connectivity index (χ0) is 19.3. The van der Waals surface area contributed by atoms with Crippen LogP contribution in [0.4, 0.5) is 10.1 Å². The minimum atomic E-state index is -0.606. The van der Waals surface area contributed by atoms with E-state index in [2.05, 4.69) is 0 Å². The number of anilines is 1. The van der Waals surface area contributed by atoms with Crippen molar-refractivity contribution in [2.75, 3.05) is 18.0 Å². The number of nitriles is 1. The van der Waals surface area contributed by atoms with Gasteiger partial charge < -0.3 is 15.2 Å². The molecule has 27 heavy (non-hydrogen) atoms. The maximum Gasteiger partial charge on any atom is 0.200 e. The van der Waals surface area contributed by atoms with Crippen LogP contribution in [0.3, 0.4) is 0 Å². The Kier molecular flexibility index (Phi) is 4.41. The standard InChI is InChI=1S/C19H18ClFN4O2/c20-16-17-12(7-14(21)18(16)24-6-4-10(23)8-24)19(27)13(15(26)3-5-22)9-25(17)11-1-2-11/h7,9-11H,1-4,6,8,23H2. The molecule has 2 heterocycles. The molecule has 1 saturated carbocycles. The number of hydrogen-bond donors (Lipinski definition) is 1. The van der Waals surface area contributed by atoms with E-state index in [1.807, 2.05) is 0 Å². The fourth-order valence-corrected chi connectivity index (χ4v) is 4.13. The first-order valence-corrected chi connectivity index (χ1v) is 9.27. The second-order valence-electron chi connectivity index (χ2n) is 7.18. The first-order chi connectivity index (χ1) is 12.9. The van der Waals surface area contributed by atoms with Crippen LogP contribution < -0.4 is 16.1 Å². The molecule has 0 radical (unpaired) electrons. The first-order valence-electron chi connectivity index (χ1n) is 8.90. The summed E-state index contributed by atoms with van der Waals surface area (Å²) in [5, 5.41) is 9.02. The van der Waals surface area contributed by atoms with E-state index in [-0.39, 0.29) is 33.7 Å². The maximum absolute atomic E-state index is 14.9. The highest BCUT2D eigenvalue weighted by Crippen LogP contribution is 2.42. The lowest BCUT2D eigenvalue weighted by Gasteiger charge is -2.23. The van der Waals surface area contributed by atoms with Gasteiger partial charge in [0.25, 0.3) is 0 Å². The van der Waals surface area contributed by atoms with Crippen molar-refractivity contribution >= 4 is 34.0 Å². The molecule has 0 amide bonds. The molecule has 1 atom stereocenters. The highest BCUT2D eigenvalue weighted by atomic mass is 35.5. The van der Waals surface area contributed by atoms with Gasteiger partial charge in [-0.15, -0.1) is 0 Å². The third kappa shape index (κ3) is 2.99. The number of ketones is 1. The van der Waals surface area contributed by atoms with Crippen LogP contribution in [0.2, 0.25) is 5.02 Å². The van der Waals surface area contributed by atoms with Gasteiger partial charge in [0.1, 0.15) is 5.82 Å². The van der Waals surface area contributed by atoms with E-state index in [0.717, 1.165) is 25.3 Å². The molecule has 0 bridgehead atoms. The molecule has 6 nitrogen and oxygen atoms in total. The Morgan fingerprint density at radius 1 is 1.41 bits per heavy atom. The number of nitrogens with zero attached hydrogens (tertiary/aromatic N) is 3. The second-order valence-corrected chi connectivity index (χ2v) is 7.56. The van der Waals surface area contributed by atoms with E-state index < -0.39 is 23.5 Å². The molecular weight excluding hydrogens is 371 g/mol. The molecule has 1 aliphatic heterocycles. The number of fused-ring (bicyclic) bond motifs is 1.